The second-order valence-electron chi connectivity index (χ2n) is 13.4. The molecule has 54 heavy (non-hydrogen) atoms. The van der Waals surface area contributed by atoms with Crippen LogP contribution in [-0.2, 0) is 16.1 Å². The number of carbonyl (C=O) groups is 2. The number of benzene rings is 4. The van der Waals surface area contributed by atoms with Gasteiger partial charge in [0.2, 0.25) is 11.8 Å². The van der Waals surface area contributed by atoms with Gasteiger partial charge in [0, 0.05) is 32.1 Å². The molecule has 4 N–H and O–H groups in total. The number of H-pyrrole nitrogens is 1. The molecule has 4 aromatic carbocycles. The summed E-state index contributed by atoms with van der Waals surface area (Å²) in [7, 11) is 0. The number of nitrogens with zero attached hydrogens (tertiary/aromatic N) is 1. The first-order chi connectivity index (χ1) is 26.3. The highest BCUT2D eigenvalue weighted by Gasteiger charge is 2.13. The molecule has 2 amide bonds. The maximum atomic E-state index is 12.8. The summed E-state index contributed by atoms with van der Waals surface area (Å²) in [5.74, 6) is 0.129. The zero-order valence-electron chi connectivity index (χ0n) is 31.0. The first kappa shape index (κ1) is 39.7. The highest BCUT2D eigenvalue weighted by molar-refractivity contribution is 7.71. The van der Waals surface area contributed by atoms with Gasteiger partial charge in [0.25, 0.3) is 5.56 Å². The van der Waals surface area contributed by atoms with Crippen LogP contribution in [0.25, 0.3) is 28.1 Å². The van der Waals surface area contributed by atoms with Gasteiger partial charge in [-0.1, -0.05) is 105 Å². The number of para-hydroxylation sites is 1. The van der Waals surface area contributed by atoms with Crippen LogP contribution in [0.3, 0.4) is 0 Å². The molecule has 0 bridgehead atoms. The second kappa shape index (κ2) is 20.6. The van der Waals surface area contributed by atoms with Gasteiger partial charge in [-0.3, -0.25) is 19.0 Å². The van der Waals surface area contributed by atoms with E-state index in [-0.39, 0.29) is 23.1 Å². The van der Waals surface area contributed by atoms with Gasteiger partial charge in [-0.15, -0.1) is 0 Å². The number of unbranched alkanes of at least 4 members (excludes halogenated alkanes) is 5. The molecule has 0 saturated heterocycles. The lowest BCUT2D eigenvalue weighted by Gasteiger charge is -2.16. The molecular formula is C45H50N4O4S. The van der Waals surface area contributed by atoms with Gasteiger partial charge >= 0.3 is 0 Å². The van der Waals surface area contributed by atoms with Gasteiger partial charge in [-0.05, 0) is 108 Å². The monoisotopic (exact) mass is 742 g/mol. The largest absolute Gasteiger partial charge is 0.508 e. The smallest absolute Gasteiger partial charge is 0.262 e. The van der Waals surface area contributed by atoms with Crippen LogP contribution in [0.1, 0.15) is 87.0 Å². The molecule has 9 heteroatoms. The average Bonchev–Trinajstić information content (AvgIpc) is 3.19. The number of hydrogen-bond acceptors (Lipinski definition) is 5. The molecule has 5 rings (SSSR count). The fraction of sp³-hybridized carbons (Fsp3) is 0.289. The molecule has 0 radical (unpaired) electrons. The van der Waals surface area contributed by atoms with Crippen LogP contribution in [-0.4, -0.2) is 39.6 Å². The number of rotatable bonds is 19. The third kappa shape index (κ3) is 11.5. The SMILES string of the molecule is CCC(=C(c1ccc(O)cc1)c1ccc(/C=C/C(=O)NCCCCNC(=O)CCCCCCCn2c(=S)[nH]c3ccccc3c2=O)cc1)c1ccccc1. The molecule has 1 aromatic heterocycles. The van der Waals surface area contributed by atoms with Crippen LogP contribution < -0.4 is 16.2 Å². The Morgan fingerprint density at radius 1 is 0.741 bits per heavy atom. The van der Waals surface area contributed by atoms with Crippen LogP contribution in [0.15, 0.2) is 114 Å². The zero-order valence-corrected chi connectivity index (χ0v) is 31.8. The van der Waals surface area contributed by atoms with E-state index in [1.54, 1.807) is 22.8 Å². The minimum absolute atomic E-state index is 0.0520. The van der Waals surface area contributed by atoms with Crippen molar-refractivity contribution in [3.8, 4) is 5.75 Å². The molecule has 280 valence electrons. The first-order valence-electron chi connectivity index (χ1n) is 19.0. The second-order valence-corrected chi connectivity index (χ2v) is 13.8. The Morgan fingerprint density at radius 3 is 2.09 bits per heavy atom. The normalized spacial score (nSPS) is 11.8. The lowest BCUT2D eigenvalue weighted by atomic mass is 9.88. The van der Waals surface area contributed by atoms with Gasteiger partial charge in [-0.25, -0.2) is 0 Å². The Bertz CT molecular complexity index is 2170. The first-order valence-corrected chi connectivity index (χ1v) is 19.4. The van der Waals surface area contributed by atoms with E-state index in [9.17, 15) is 19.5 Å². The van der Waals surface area contributed by atoms with E-state index in [2.05, 4.69) is 46.8 Å². The van der Waals surface area contributed by atoms with E-state index in [1.165, 1.54) is 5.57 Å². The Kier molecular flexibility index (Phi) is 15.2. The maximum absolute atomic E-state index is 12.8. The van der Waals surface area contributed by atoms with Crippen molar-refractivity contribution in [1.82, 2.24) is 20.2 Å². The zero-order chi connectivity index (χ0) is 38.1. The number of fused-ring (bicyclic) bond motifs is 1. The lowest BCUT2D eigenvalue weighted by molar-refractivity contribution is -0.121. The Morgan fingerprint density at radius 2 is 1.37 bits per heavy atom. The topological polar surface area (TPSA) is 116 Å². The summed E-state index contributed by atoms with van der Waals surface area (Å²) in [4.78, 5) is 40.6. The molecule has 0 spiro atoms. The van der Waals surface area contributed by atoms with Crippen molar-refractivity contribution in [2.75, 3.05) is 13.1 Å². The standard InChI is InChI=1S/C45H50N4O4S/c1-2-38(34-15-7-6-8-16-34)43(36-25-27-37(50)28-26-36)35-23-20-33(21-24-35)22-29-42(52)47-31-13-12-30-46-41(51)19-9-4-3-5-14-32-49-44(53)39-17-10-11-18-40(39)48-45(49)54/h6-8,10-11,15-18,20-29,50H,2-5,9,12-14,19,30-32H2,1H3,(H,46,51)(H,47,52)(H,48,54)/b29-22+,43-38?. The van der Waals surface area contributed by atoms with Crippen molar-refractivity contribution in [3.63, 3.8) is 0 Å². The highest BCUT2D eigenvalue weighted by Crippen LogP contribution is 2.35. The van der Waals surface area contributed by atoms with Crippen molar-refractivity contribution in [2.45, 2.75) is 71.3 Å². The van der Waals surface area contributed by atoms with Crippen molar-refractivity contribution in [2.24, 2.45) is 0 Å². The Balaban J connectivity index is 0.964. The van der Waals surface area contributed by atoms with Crippen molar-refractivity contribution < 1.29 is 14.7 Å². The molecule has 1 heterocycles. The summed E-state index contributed by atoms with van der Waals surface area (Å²) in [6.07, 6.45) is 10.9. The molecule has 0 atom stereocenters. The van der Waals surface area contributed by atoms with E-state index in [1.807, 2.05) is 72.8 Å². The van der Waals surface area contributed by atoms with E-state index in [0.717, 1.165) is 84.7 Å². The number of aromatic amines is 1. The number of nitrogens with one attached hydrogen (secondary N) is 3. The van der Waals surface area contributed by atoms with E-state index in [4.69, 9.17) is 12.2 Å². The molecule has 5 aromatic rings. The van der Waals surface area contributed by atoms with Crippen LogP contribution >= 0.6 is 12.2 Å². The summed E-state index contributed by atoms with van der Waals surface area (Å²) >= 11 is 5.39. The van der Waals surface area contributed by atoms with Crippen LogP contribution in [0.5, 0.6) is 5.75 Å². The van der Waals surface area contributed by atoms with Crippen molar-refractivity contribution >= 4 is 52.2 Å². The molecule has 0 aliphatic carbocycles. The molecule has 0 fully saturated rings. The maximum Gasteiger partial charge on any atom is 0.262 e. The summed E-state index contributed by atoms with van der Waals surface area (Å²) < 4.78 is 2.09. The van der Waals surface area contributed by atoms with Crippen molar-refractivity contribution in [1.29, 1.82) is 0 Å². The summed E-state index contributed by atoms with van der Waals surface area (Å²) in [5, 5.41) is 16.5. The van der Waals surface area contributed by atoms with E-state index >= 15 is 0 Å². The number of hydrogen-bond donors (Lipinski definition) is 4. The van der Waals surface area contributed by atoms with Crippen LogP contribution in [0.4, 0.5) is 0 Å². The number of aromatic nitrogens is 2. The van der Waals surface area contributed by atoms with Gasteiger partial charge in [0.05, 0.1) is 10.9 Å². The fourth-order valence-electron chi connectivity index (χ4n) is 6.57. The van der Waals surface area contributed by atoms with Gasteiger partial charge in [0.15, 0.2) is 4.77 Å². The van der Waals surface area contributed by atoms with Gasteiger partial charge < -0.3 is 20.7 Å². The van der Waals surface area contributed by atoms with Gasteiger partial charge in [-0.2, -0.15) is 0 Å². The third-order valence-corrected chi connectivity index (χ3v) is 9.78. The minimum atomic E-state index is -0.155. The van der Waals surface area contributed by atoms with Crippen LogP contribution in [0.2, 0.25) is 0 Å². The Hall–Kier alpha value is -5.54. The predicted octanol–water partition coefficient (Wildman–Crippen LogP) is 9.20. The molecule has 0 saturated carbocycles. The molecule has 0 aliphatic rings. The highest BCUT2D eigenvalue weighted by atomic mass is 32.1. The molecular weight excluding hydrogens is 693 g/mol. The summed E-state index contributed by atoms with van der Waals surface area (Å²) in [6, 6.07) is 33.2. The average molecular weight is 743 g/mol. The summed E-state index contributed by atoms with van der Waals surface area (Å²) in [6.45, 7) is 3.86. The lowest BCUT2D eigenvalue weighted by Crippen LogP contribution is -2.26. The van der Waals surface area contributed by atoms with Gasteiger partial charge in [0.1, 0.15) is 5.75 Å². The molecule has 8 nitrogen and oxygen atoms in total. The van der Waals surface area contributed by atoms with E-state index in [0.29, 0.717) is 36.2 Å². The number of phenols is 1. The van der Waals surface area contributed by atoms with Crippen molar-refractivity contribution in [3.05, 3.63) is 147 Å². The molecule has 0 unspecified atom stereocenters. The third-order valence-electron chi connectivity index (χ3n) is 9.46. The number of aromatic hydroxyl groups is 1. The summed E-state index contributed by atoms with van der Waals surface area (Å²) in [5.41, 5.74) is 7.20. The van der Waals surface area contributed by atoms with Crippen LogP contribution in [0, 0.1) is 4.77 Å². The number of amides is 2. The minimum Gasteiger partial charge on any atom is -0.508 e. The quantitative estimate of drug-likeness (QED) is 0.0292. The number of phenolic OH excluding ortho intramolecular Hbond substituents is 1. The molecule has 0 aliphatic heterocycles. The fourth-order valence-corrected chi connectivity index (χ4v) is 6.85. The number of carbonyl (C=O) groups excluding carboxylic acids is 2. The Labute approximate surface area is 322 Å². The number of allylic oxidation sites excluding steroid dienone is 1. The predicted molar refractivity (Wildman–Crippen MR) is 223 cm³/mol. The van der Waals surface area contributed by atoms with E-state index < -0.39 is 0 Å².